The SMILES string of the molecule is CSCCCN1CCN(C)C2(CCC(=O)N(CC(=O)O)CC2)C1. The minimum atomic E-state index is -0.926. The van der Waals surface area contributed by atoms with Gasteiger partial charge in [0.25, 0.3) is 0 Å². The second kappa shape index (κ2) is 8.35. The second-order valence-electron chi connectivity index (χ2n) is 6.73. The van der Waals surface area contributed by atoms with Crippen LogP contribution in [0.4, 0.5) is 0 Å². The molecule has 132 valence electrons. The largest absolute Gasteiger partial charge is 0.480 e. The third kappa shape index (κ3) is 4.84. The molecule has 1 atom stereocenters. The summed E-state index contributed by atoms with van der Waals surface area (Å²) >= 11 is 1.88. The molecule has 1 amide bonds. The van der Waals surface area contributed by atoms with Crippen molar-refractivity contribution in [2.24, 2.45) is 0 Å². The number of rotatable bonds is 6. The highest BCUT2D eigenvalue weighted by atomic mass is 32.2. The smallest absolute Gasteiger partial charge is 0.323 e. The predicted molar refractivity (Wildman–Crippen MR) is 92.9 cm³/mol. The van der Waals surface area contributed by atoms with Gasteiger partial charge in [0.1, 0.15) is 6.54 Å². The Morgan fingerprint density at radius 1 is 1.30 bits per heavy atom. The van der Waals surface area contributed by atoms with E-state index in [1.165, 1.54) is 17.1 Å². The van der Waals surface area contributed by atoms with E-state index in [4.69, 9.17) is 5.11 Å². The molecule has 1 N–H and O–H groups in total. The van der Waals surface area contributed by atoms with E-state index in [9.17, 15) is 9.59 Å². The number of nitrogens with zero attached hydrogens (tertiary/aromatic N) is 3. The van der Waals surface area contributed by atoms with E-state index >= 15 is 0 Å². The van der Waals surface area contributed by atoms with Gasteiger partial charge in [-0.3, -0.25) is 14.5 Å². The van der Waals surface area contributed by atoms with Crippen molar-refractivity contribution in [3.8, 4) is 0 Å². The van der Waals surface area contributed by atoms with Crippen molar-refractivity contribution in [3.63, 3.8) is 0 Å². The lowest BCUT2D eigenvalue weighted by atomic mass is 9.86. The Morgan fingerprint density at radius 2 is 2.09 bits per heavy atom. The van der Waals surface area contributed by atoms with Crippen LogP contribution in [0.25, 0.3) is 0 Å². The minimum absolute atomic E-state index is 0.0144. The van der Waals surface area contributed by atoms with Crippen molar-refractivity contribution in [1.82, 2.24) is 14.7 Å². The van der Waals surface area contributed by atoms with Gasteiger partial charge in [0, 0.05) is 38.1 Å². The lowest BCUT2D eigenvalue weighted by molar-refractivity contribution is -0.144. The number of carboxylic acid groups (broad SMARTS) is 1. The number of hydrogen-bond acceptors (Lipinski definition) is 5. The van der Waals surface area contributed by atoms with Gasteiger partial charge < -0.3 is 14.9 Å². The van der Waals surface area contributed by atoms with Gasteiger partial charge in [0.15, 0.2) is 0 Å². The quantitative estimate of drug-likeness (QED) is 0.721. The topological polar surface area (TPSA) is 64.1 Å². The summed E-state index contributed by atoms with van der Waals surface area (Å²) in [4.78, 5) is 29.6. The molecule has 1 spiro atoms. The Labute approximate surface area is 143 Å². The molecular weight excluding hydrogens is 314 g/mol. The standard InChI is InChI=1S/C16H29N3O3S/c1-17-9-10-18(7-3-11-23-2)13-16(17)5-4-14(20)19(8-6-16)12-15(21)22/h3-13H2,1-2H3,(H,21,22). The Balaban J connectivity index is 2.00. The summed E-state index contributed by atoms with van der Waals surface area (Å²) in [6.07, 6.45) is 5.49. The van der Waals surface area contributed by atoms with Crippen LogP contribution in [0.2, 0.25) is 0 Å². The second-order valence-corrected chi connectivity index (χ2v) is 7.71. The van der Waals surface area contributed by atoms with Crippen molar-refractivity contribution in [2.45, 2.75) is 31.2 Å². The molecule has 2 saturated heterocycles. The van der Waals surface area contributed by atoms with Crippen LogP contribution in [0.15, 0.2) is 0 Å². The van der Waals surface area contributed by atoms with E-state index in [1.807, 2.05) is 11.8 Å². The average Bonchev–Trinajstić information content (AvgIpc) is 2.65. The van der Waals surface area contributed by atoms with Crippen LogP contribution < -0.4 is 0 Å². The van der Waals surface area contributed by atoms with Crippen LogP contribution >= 0.6 is 11.8 Å². The summed E-state index contributed by atoms with van der Waals surface area (Å²) in [5.41, 5.74) is 0.0144. The fourth-order valence-electron chi connectivity index (χ4n) is 3.73. The number of likely N-dealkylation sites (N-methyl/N-ethyl adjacent to an activating group) is 1. The molecule has 2 aliphatic rings. The van der Waals surface area contributed by atoms with Crippen molar-refractivity contribution >= 4 is 23.6 Å². The lowest BCUT2D eigenvalue weighted by Gasteiger charge is -2.49. The molecule has 0 aromatic heterocycles. The Morgan fingerprint density at radius 3 is 2.78 bits per heavy atom. The average molecular weight is 343 g/mol. The summed E-state index contributed by atoms with van der Waals surface area (Å²) < 4.78 is 0. The fraction of sp³-hybridized carbons (Fsp3) is 0.875. The van der Waals surface area contributed by atoms with Gasteiger partial charge in [-0.1, -0.05) is 0 Å². The maximum Gasteiger partial charge on any atom is 0.323 e. The molecule has 6 nitrogen and oxygen atoms in total. The molecule has 1 unspecified atom stereocenters. The van der Waals surface area contributed by atoms with Crippen LogP contribution in [-0.4, -0.2) is 95.5 Å². The first-order valence-corrected chi connectivity index (χ1v) is 9.78. The zero-order valence-electron chi connectivity index (χ0n) is 14.3. The number of likely N-dealkylation sites (tertiary alicyclic amines) is 1. The summed E-state index contributed by atoms with van der Waals surface area (Å²) in [5.74, 6) is 0.242. The minimum Gasteiger partial charge on any atom is -0.480 e. The maximum absolute atomic E-state index is 12.2. The zero-order chi connectivity index (χ0) is 16.9. The lowest BCUT2D eigenvalue weighted by Crippen LogP contribution is -2.61. The molecule has 2 aliphatic heterocycles. The molecule has 2 rings (SSSR count). The van der Waals surface area contributed by atoms with Crippen LogP contribution in [0.1, 0.15) is 25.7 Å². The molecular formula is C16H29N3O3S. The van der Waals surface area contributed by atoms with Gasteiger partial charge in [-0.15, -0.1) is 0 Å². The Kier molecular flexibility index (Phi) is 6.73. The van der Waals surface area contributed by atoms with Gasteiger partial charge in [-0.25, -0.2) is 0 Å². The fourth-order valence-corrected chi connectivity index (χ4v) is 4.15. The van der Waals surface area contributed by atoms with Crippen molar-refractivity contribution in [2.75, 3.05) is 58.3 Å². The molecule has 23 heavy (non-hydrogen) atoms. The molecule has 0 aliphatic carbocycles. The first-order valence-electron chi connectivity index (χ1n) is 8.39. The number of amides is 1. The number of carboxylic acids is 1. The highest BCUT2D eigenvalue weighted by Crippen LogP contribution is 2.32. The first kappa shape index (κ1) is 18.5. The monoisotopic (exact) mass is 343 g/mol. The summed E-state index contributed by atoms with van der Waals surface area (Å²) in [6, 6.07) is 0. The number of carbonyl (C=O) groups excluding carboxylic acids is 1. The predicted octanol–water partition coefficient (Wildman–Crippen LogP) is 0.823. The van der Waals surface area contributed by atoms with Crippen molar-refractivity contribution < 1.29 is 14.7 Å². The maximum atomic E-state index is 12.2. The highest BCUT2D eigenvalue weighted by molar-refractivity contribution is 7.98. The molecule has 2 fully saturated rings. The summed E-state index contributed by atoms with van der Waals surface area (Å²) in [7, 11) is 2.15. The van der Waals surface area contributed by atoms with Crippen LogP contribution in [-0.2, 0) is 9.59 Å². The van der Waals surface area contributed by atoms with Crippen LogP contribution in [0.5, 0.6) is 0 Å². The third-order valence-electron chi connectivity index (χ3n) is 5.23. The van der Waals surface area contributed by atoms with Gasteiger partial charge in [0.2, 0.25) is 5.91 Å². The van der Waals surface area contributed by atoms with Crippen molar-refractivity contribution in [3.05, 3.63) is 0 Å². The molecule has 0 saturated carbocycles. The van der Waals surface area contributed by atoms with Gasteiger partial charge >= 0.3 is 5.97 Å². The Hall–Kier alpha value is -0.790. The van der Waals surface area contributed by atoms with Crippen LogP contribution in [0.3, 0.4) is 0 Å². The van der Waals surface area contributed by atoms with E-state index in [0.29, 0.717) is 13.0 Å². The van der Waals surface area contributed by atoms with E-state index < -0.39 is 5.97 Å². The van der Waals surface area contributed by atoms with E-state index in [2.05, 4.69) is 23.1 Å². The number of carbonyl (C=O) groups is 2. The number of thioether (sulfide) groups is 1. The summed E-state index contributed by atoms with van der Waals surface area (Å²) in [5, 5.41) is 8.98. The summed E-state index contributed by atoms with van der Waals surface area (Å²) in [6.45, 7) is 4.59. The number of piperazine rings is 1. The number of hydrogen-bond donors (Lipinski definition) is 1. The third-order valence-corrected chi connectivity index (χ3v) is 5.93. The van der Waals surface area contributed by atoms with Crippen LogP contribution in [0, 0.1) is 0 Å². The van der Waals surface area contributed by atoms with Crippen molar-refractivity contribution in [1.29, 1.82) is 0 Å². The molecule has 0 aromatic rings. The van der Waals surface area contributed by atoms with E-state index in [0.717, 1.165) is 39.0 Å². The van der Waals surface area contributed by atoms with Gasteiger partial charge in [-0.2, -0.15) is 11.8 Å². The van der Waals surface area contributed by atoms with E-state index in [-0.39, 0.29) is 18.0 Å². The number of aliphatic carboxylic acids is 1. The molecule has 0 radical (unpaired) electrons. The zero-order valence-corrected chi connectivity index (χ0v) is 15.1. The van der Waals surface area contributed by atoms with E-state index in [1.54, 1.807) is 0 Å². The van der Waals surface area contributed by atoms with Gasteiger partial charge in [0.05, 0.1) is 0 Å². The highest BCUT2D eigenvalue weighted by Gasteiger charge is 2.42. The molecule has 0 bridgehead atoms. The molecule has 0 aromatic carbocycles. The molecule has 7 heteroatoms. The Bertz CT molecular complexity index is 435. The first-order chi connectivity index (χ1) is 11.0. The molecule has 2 heterocycles. The normalized spacial score (nSPS) is 27.4. The van der Waals surface area contributed by atoms with Gasteiger partial charge in [-0.05, 0) is 44.9 Å².